The Hall–Kier alpha value is -2.41. The molecule has 0 radical (unpaired) electrons. The van der Waals surface area contributed by atoms with Gasteiger partial charge in [-0.1, -0.05) is 64.2 Å². The Kier molecular flexibility index (Phi) is 12.6. The molecule has 4 N–H and O–H groups in total. The number of hydrogen-bond donors (Lipinski definition) is 4. The second-order valence-electron chi connectivity index (χ2n) is 10.5. The van der Waals surface area contributed by atoms with Crippen LogP contribution in [0.5, 0.6) is 0 Å². The lowest BCUT2D eigenvalue weighted by molar-refractivity contribution is -0.130. The van der Waals surface area contributed by atoms with E-state index < -0.39 is 51.7 Å². The fraction of sp³-hybridized carbons (Fsp3) is 0.643. The molecular formula is C28H42N2O6S. The largest absolute Gasteiger partial charge is 0.390 e. The third-order valence-electron chi connectivity index (χ3n) is 6.83. The SMILES string of the molecule is C#CC[C@H](NC(=O)CCS(=O)(=O)c1ccccc1)C(=O)N[C@@H](CC1CCCCC1)[C@@H](O)[C@@H](O)CC(C)C. The highest BCUT2D eigenvalue weighted by molar-refractivity contribution is 7.91. The zero-order chi connectivity index (χ0) is 27.4. The van der Waals surface area contributed by atoms with E-state index in [1.807, 2.05) is 13.8 Å². The molecule has 8 nitrogen and oxygen atoms in total. The maximum atomic E-state index is 13.2. The van der Waals surface area contributed by atoms with Gasteiger partial charge in [-0.15, -0.1) is 12.3 Å². The van der Waals surface area contributed by atoms with Crippen molar-refractivity contribution in [3.05, 3.63) is 30.3 Å². The van der Waals surface area contributed by atoms with Crippen LogP contribution >= 0.6 is 0 Å². The summed E-state index contributed by atoms with van der Waals surface area (Å²) in [4.78, 5) is 25.8. The first kappa shape index (κ1) is 30.8. The Balaban J connectivity index is 2.05. The van der Waals surface area contributed by atoms with Crippen molar-refractivity contribution in [3.8, 4) is 12.3 Å². The number of nitrogens with one attached hydrogen (secondary N) is 2. The van der Waals surface area contributed by atoms with Crippen LogP contribution < -0.4 is 10.6 Å². The Bertz CT molecular complexity index is 999. The van der Waals surface area contributed by atoms with Gasteiger partial charge in [-0.05, 0) is 36.8 Å². The molecule has 0 unspecified atom stereocenters. The highest BCUT2D eigenvalue weighted by Gasteiger charge is 2.33. The van der Waals surface area contributed by atoms with Crippen molar-refractivity contribution < 1.29 is 28.2 Å². The first-order valence-electron chi connectivity index (χ1n) is 13.2. The Morgan fingerprint density at radius 3 is 2.32 bits per heavy atom. The van der Waals surface area contributed by atoms with Crippen LogP contribution in [-0.4, -0.2) is 60.5 Å². The predicted molar refractivity (Wildman–Crippen MR) is 143 cm³/mol. The molecule has 1 aromatic rings. The number of amides is 2. The average molecular weight is 535 g/mol. The van der Waals surface area contributed by atoms with Crippen LogP contribution in [0.4, 0.5) is 0 Å². The highest BCUT2D eigenvalue weighted by Crippen LogP contribution is 2.29. The predicted octanol–water partition coefficient (Wildman–Crippen LogP) is 2.58. The molecule has 206 valence electrons. The maximum Gasteiger partial charge on any atom is 0.243 e. The van der Waals surface area contributed by atoms with E-state index in [0.29, 0.717) is 18.8 Å². The van der Waals surface area contributed by atoms with Crippen molar-refractivity contribution in [2.45, 2.75) is 101 Å². The summed E-state index contributed by atoms with van der Waals surface area (Å²) in [5.41, 5.74) is 0. The lowest BCUT2D eigenvalue weighted by atomic mass is 9.82. The topological polar surface area (TPSA) is 133 Å². The summed E-state index contributed by atoms with van der Waals surface area (Å²) in [6, 6.07) is 6.07. The van der Waals surface area contributed by atoms with E-state index in [1.165, 1.54) is 18.6 Å². The van der Waals surface area contributed by atoms with Gasteiger partial charge in [0.1, 0.15) is 12.1 Å². The Morgan fingerprint density at radius 2 is 1.73 bits per heavy atom. The molecule has 0 spiro atoms. The van der Waals surface area contributed by atoms with Gasteiger partial charge in [0.2, 0.25) is 11.8 Å². The molecule has 9 heteroatoms. The lowest BCUT2D eigenvalue weighted by Gasteiger charge is -2.33. The number of carbonyl (C=O) groups excluding carboxylic acids is 2. The van der Waals surface area contributed by atoms with E-state index in [-0.39, 0.29) is 23.7 Å². The normalized spacial score (nSPS) is 17.8. The standard InChI is InChI=1S/C28H42N2O6S/c1-4-11-23(29-26(32)16-17-37(35,36)22-14-9-6-10-15-22)28(34)30-24(19-21-12-7-5-8-13-21)27(33)25(31)18-20(2)3/h1,6,9-10,14-15,20-21,23-25,27,31,33H,5,7-8,11-13,16-19H2,2-3H3,(H,29,32)(H,30,34)/t23-,24-,25-,27+/m0/s1. The fourth-order valence-electron chi connectivity index (χ4n) is 4.81. The fourth-order valence-corrected chi connectivity index (χ4v) is 6.07. The molecule has 1 aliphatic rings. The molecule has 0 aromatic heterocycles. The smallest absolute Gasteiger partial charge is 0.243 e. The average Bonchev–Trinajstić information content (AvgIpc) is 2.87. The van der Waals surface area contributed by atoms with Gasteiger partial charge in [0.25, 0.3) is 0 Å². The summed E-state index contributed by atoms with van der Waals surface area (Å²) in [6.45, 7) is 3.89. The Morgan fingerprint density at radius 1 is 1.08 bits per heavy atom. The minimum atomic E-state index is -3.65. The summed E-state index contributed by atoms with van der Waals surface area (Å²) in [5, 5.41) is 26.9. The number of hydrogen-bond acceptors (Lipinski definition) is 6. The first-order chi connectivity index (χ1) is 17.5. The first-order valence-corrected chi connectivity index (χ1v) is 14.9. The zero-order valence-corrected chi connectivity index (χ0v) is 22.8. The quantitative estimate of drug-likeness (QED) is 0.271. The van der Waals surface area contributed by atoms with Crippen LogP contribution in [0.15, 0.2) is 35.2 Å². The molecule has 1 fully saturated rings. The minimum Gasteiger partial charge on any atom is -0.390 e. The van der Waals surface area contributed by atoms with Crippen molar-refractivity contribution in [2.75, 3.05) is 5.75 Å². The van der Waals surface area contributed by atoms with Crippen molar-refractivity contribution in [1.82, 2.24) is 10.6 Å². The summed E-state index contributed by atoms with van der Waals surface area (Å²) in [5.74, 6) is 1.29. The van der Waals surface area contributed by atoms with E-state index in [0.717, 1.165) is 25.7 Å². The molecule has 1 aliphatic carbocycles. The number of aliphatic hydroxyl groups is 2. The van der Waals surface area contributed by atoms with E-state index >= 15 is 0 Å². The second-order valence-corrected chi connectivity index (χ2v) is 12.6. The minimum absolute atomic E-state index is 0.0935. The van der Waals surface area contributed by atoms with E-state index in [1.54, 1.807) is 18.2 Å². The molecule has 0 saturated heterocycles. The molecule has 4 atom stereocenters. The summed E-state index contributed by atoms with van der Waals surface area (Å²) < 4.78 is 25.0. The van der Waals surface area contributed by atoms with Crippen molar-refractivity contribution in [1.29, 1.82) is 0 Å². The number of terminal acetylenes is 1. The molecular weight excluding hydrogens is 492 g/mol. The highest BCUT2D eigenvalue weighted by atomic mass is 32.2. The Labute approximate surface area is 221 Å². The van der Waals surface area contributed by atoms with Crippen molar-refractivity contribution in [2.24, 2.45) is 11.8 Å². The van der Waals surface area contributed by atoms with Crippen LogP contribution in [0.1, 0.15) is 71.6 Å². The van der Waals surface area contributed by atoms with Gasteiger partial charge in [-0.25, -0.2) is 8.42 Å². The number of rotatable bonds is 14. The van der Waals surface area contributed by atoms with Gasteiger partial charge in [0.15, 0.2) is 9.84 Å². The molecule has 0 heterocycles. The molecule has 37 heavy (non-hydrogen) atoms. The van der Waals surface area contributed by atoms with Gasteiger partial charge < -0.3 is 20.8 Å². The van der Waals surface area contributed by atoms with Crippen molar-refractivity contribution >= 4 is 21.7 Å². The molecule has 0 bridgehead atoms. The van der Waals surface area contributed by atoms with Gasteiger partial charge in [0, 0.05) is 12.8 Å². The third-order valence-corrected chi connectivity index (χ3v) is 8.56. The van der Waals surface area contributed by atoms with Gasteiger partial charge in [-0.3, -0.25) is 9.59 Å². The molecule has 2 rings (SSSR count). The van der Waals surface area contributed by atoms with E-state index in [9.17, 15) is 28.2 Å². The number of carbonyl (C=O) groups is 2. The van der Waals surface area contributed by atoms with E-state index in [4.69, 9.17) is 6.42 Å². The number of aliphatic hydroxyl groups excluding tert-OH is 2. The number of benzene rings is 1. The molecule has 2 amide bonds. The van der Waals surface area contributed by atoms with Gasteiger partial charge in [-0.2, -0.15) is 0 Å². The van der Waals surface area contributed by atoms with E-state index in [2.05, 4.69) is 16.6 Å². The monoisotopic (exact) mass is 534 g/mol. The van der Waals surface area contributed by atoms with Crippen LogP contribution in [0.25, 0.3) is 0 Å². The summed E-state index contributed by atoms with van der Waals surface area (Å²) in [7, 11) is -3.65. The van der Waals surface area contributed by atoms with Crippen LogP contribution in [-0.2, 0) is 19.4 Å². The summed E-state index contributed by atoms with van der Waals surface area (Å²) >= 11 is 0. The molecule has 1 aromatic carbocycles. The van der Waals surface area contributed by atoms with Gasteiger partial charge >= 0.3 is 0 Å². The molecule has 1 saturated carbocycles. The maximum absolute atomic E-state index is 13.2. The molecule has 0 aliphatic heterocycles. The lowest BCUT2D eigenvalue weighted by Crippen LogP contribution is -2.55. The van der Waals surface area contributed by atoms with Gasteiger partial charge in [0.05, 0.1) is 22.8 Å². The second kappa shape index (κ2) is 15.1. The third kappa shape index (κ3) is 10.5. The summed E-state index contributed by atoms with van der Waals surface area (Å²) in [6.07, 6.45) is 9.12. The van der Waals surface area contributed by atoms with Crippen LogP contribution in [0.3, 0.4) is 0 Å². The van der Waals surface area contributed by atoms with Crippen LogP contribution in [0.2, 0.25) is 0 Å². The van der Waals surface area contributed by atoms with Crippen LogP contribution in [0, 0.1) is 24.2 Å². The zero-order valence-electron chi connectivity index (χ0n) is 21.9. The number of sulfone groups is 1. The van der Waals surface area contributed by atoms with Crippen molar-refractivity contribution in [3.63, 3.8) is 0 Å².